The minimum Gasteiger partial charge on any atom is -0.466 e. The molecule has 0 saturated carbocycles. The van der Waals surface area contributed by atoms with Gasteiger partial charge in [0, 0.05) is 6.54 Å². The van der Waals surface area contributed by atoms with Gasteiger partial charge in [-0.2, -0.15) is 9.36 Å². The number of esters is 1. The Kier molecular flexibility index (Phi) is 5.50. The standard InChI is InChI=1S/C16H20ClN5O3/c1-2-25-15(23)12-6-5-9-20(10-12)11-21-16(24)22(19-18-21)14-8-4-3-7-13(14)17/h3-4,7-8,12H,2,5-6,9-11H2,1H3/t12-/m1/s1. The summed E-state index contributed by atoms with van der Waals surface area (Å²) in [5, 5.41) is 8.27. The van der Waals surface area contributed by atoms with Gasteiger partial charge in [0.1, 0.15) is 6.67 Å². The van der Waals surface area contributed by atoms with Crippen LogP contribution >= 0.6 is 11.6 Å². The molecule has 1 aromatic carbocycles. The molecule has 1 atom stereocenters. The highest BCUT2D eigenvalue weighted by molar-refractivity contribution is 6.32. The van der Waals surface area contributed by atoms with Crippen molar-refractivity contribution < 1.29 is 9.53 Å². The molecule has 1 aliphatic rings. The van der Waals surface area contributed by atoms with E-state index in [9.17, 15) is 9.59 Å². The third-order valence-electron chi connectivity index (χ3n) is 4.18. The number of carbonyl (C=O) groups excluding carboxylic acids is 1. The summed E-state index contributed by atoms with van der Waals surface area (Å²) in [5.74, 6) is -0.345. The number of likely N-dealkylation sites (tertiary alicyclic amines) is 1. The van der Waals surface area contributed by atoms with Crippen molar-refractivity contribution in [3.05, 3.63) is 39.8 Å². The zero-order chi connectivity index (χ0) is 17.8. The number of ether oxygens (including phenoxy) is 1. The van der Waals surface area contributed by atoms with E-state index in [-0.39, 0.29) is 24.2 Å². The Morgan fingerprint density at radius 1 is 1.36 bits per heavy atom. The number of rotatable bonds is 5. The summed E-state index contributed by atoms with van der Waals surface area (Å²) in [6.07, 6.45) is 1.67. The lowest BCUT2D eigenvalue weighted by molar-refractivity contribution is -0.150. The maximum absolute atomic E-state index is 12.5. The number of tetrazole rings is 1. The quantitative estimate of drug-likeness (QED) is 0.743. The van der Waals surface area contributed by atoms with Crippen LogP contribution in [0, 0.1) is 5.92 Å². The van der Waals surface area contributed by atoms with E-state index in [0.717, 1.165) is 19.4 Å². The lowest BCUT2D eigenvalue weighted by Gasteiger charge is -2.30. The van der Waals surface area contributed by atoms with Crippen LogP contribution in [0.1, 0.15) is 19.8 Å². The molecule has 2 heterocycles. The van der Waals surface area contributed by atoms with Crippen LogP contribution in [-0.4, -0.2) is 50.4 Å². The Labute approximate surface area is 149 Å². The molecule has 0 aliphatic carbocycles. The van der Waals surface area contributed by atoms with Gasteiger partial charge in [0.15, 0.2) is 0 Å². The van der Waals surface area contributed by atoms with Crippen LogP contribution < -0.4 is 5.69 Å². The predicted molar refractivity (Wildman–Crippen MR) is 91.6 cm³/mol. The first-order valence-electron chi connectivity index (χ1n) is 8.27. The molecule has 1 fully saturated rings. The van der Waals surface area contributed by atoms with Gasteiger partial charge in [-0.1, -0.05) is 23.7 Å². The zero-order valence-corrected chi connectivity index (χ0v) is 14.7. The SMILES string of the molecule is CCOC(=O)[C@@H]1CCCN(Cn2nnn(-c3ccccc3Cl)c2=O)C1. The van der Waals surface area contributed by atoms with Crippen molar-refractivity contribution in [1.29, 1.82) is 0 Å². The predicted octanol–water partition coefficient (Wildman–Crippen LogP) is 1.31. The molecule has 134 valence electrons. The van der Waals surface area contributed by atoms with Crippen molar-refractivity contribution in [1.82, 2.24) is 24.7 Å². The number of halogens is 1. The topological polar surface area (TPSA) is 82.2 Å². The van der Waals surface area contributed by atoms with Crippen molar-refractivity contribution >= 4 is 17.6 Å². The van der Waals surface area contributed by atoms with Gasteiger partial charge in [0.05, 0.1) is 23.2 Å². The molecule has 3 rings (SSSR count). The molecule has 0 radical (unpaired) electrons. The number of nitrogens with zero attached hydrogens (tertiary/aromatic N) is 5. The van der Waals surface area contributed by atoms with Crippen molar-refractivity contribution in [2.24, 2.45) is 5.92 Å². The van der Waals surface area contributed by atoms with Crippen molar-refractivity contribution in [2.75, 3.05) is 19.7 Å². The van der Waals surface area contributed by atoms with Crippen LogP contribution in [0.2, 0.25) is 5.02 Å². The maximum atomic E-state index is 12.5. The fraction of sp³-hybridized carbons (Fsp3) is 0.500. The summed E-state index contributed by atoms with van der Waals surface area (Å²) in [5.41, 5.74) is 0.120. The summed E-state index contributed by atoms with van der Waals surface area (Å²) < 4.78 is 7.55. The molecule has 0 amide bonds. The number of para-hydroxylation sites is 1. The molecule has 8 nitrogen and oxygen atoms in total. The van der Waals surface area contributed by atoms with E-state index in [1.54, 1.807) is 31.2 Å². The molecule has 2 aromatic rings. The van der Waals surface area contributed by atoms with E-state index in [1.165, 1.54) is 9.36 Å². The monoisotopic (exact) mass is 365 g/mol. The summed E-state index contributed by atoms with van der Waals surface area (Å²) in [7, 11) is 0. The number of hydrogen-bond donors (Lipinski definition) is 0. The highest BCUT2D eigenvalue weighted by Gasteiger charge is 2.27. The van der Waals surface area contributed by atoms with Gasteiger partial charge in [-0.05, 0) is 48.9 Å². The second-order valence-corrected chi connectivity index (χ2v) is 6.34. The van der Waals surface area contributed by atoms with Crippen molar-refractivity contribution in [3.8, 4) is 5.69 Å². The molecule has 0 unspecified atom stereocenters. The van der Waals surface area contributed by atoms with E-state index in [4.69, 9.17) is 16.3 Å². The molecule has 0 N–H and O–H groups in total. The van der Waals surface area contributed by atoms with Crippen LogP contribution in [-0.2, 0) is 16.2 Å². The fourth-order valence-electron chi connectivity index (χ4n) is 2.96. The number of benzene rings is 1. The third-order valence-corrected chi connectivity index (χ3v) is 4.50. The second kappa shape index (κ2) is 7.79. The zero-order valence-electron chi connectivity index (χ0n) is 14.0. The Bertz CT molecular complexity index is 803. The largest absolute Gasteiger partial charge is 0.466 e. The van der Waals surface area contributed by atoms with E-state index in [1.807, 2.05) is 4.90 Å². The Morgan fingerprint density at radius 2 is 2.16 bits per heavy atom. The molecule has 25 heavy (non-hydrogen) atoms. The molecule has 0 bridgehead atoms. The average Bonchev–Trinajstić information content (AvgIpc) is 2.96. The Morgan fingerprint density at radius 3 is 2.92 bits per heavy atom. The van der Waals surface area contributed by atoms with E-state index in [2.05, 4.69) is 10.4 Å². The molecule has 1 aromatic heterocycles. The minimum absolute atomic E-state index is 0.164. The number of piperidine rings is 1. The number of aromatic nitrogens is 4. The lowest BCUT2D eigenvalue weighted by atomic mass is 9.99. The Hall–Kier alpha value is -2.19. The van der Waals surface area contributed by atoms with E-state index < -0.39 is 0 Å². The van der Waals surface area contributed by atoms with Crippen LogP contribution in [0.3, 0.4) is 0 Å². The van der Waals surface area contributed by atoms with Crippen LogP contribution in [0.15, 0.2) is 29.1 Å². The molecule has 9 heteroatoms. The number of hydrogen-bond acceptors (Lipinski definition) is 6. The number of carbonyl (C=O) groups is 1. The third kappa shape index (κ3) is 3.91. The molecular formula is C16H20ClN5O3. The minimum atomic E-state index is -0.369. The first-order valence-corrected chi connectivity index (χ1v) is 8.64. The molecular weight excluding hydrogens is 346 g/mol. The summed E-state index contributed by atoms with van der Waals surface area (Å²) in [6.45, 7) is 3.79. The van der Waals surface area contributed by atoms with E-state index >= 15 is 0 Å². The highest BCUT2D eigenvalue weighted by Crippen LogP contribution is 2.19. The summed E-state index contributed by atoms with van der Waals surface area (Å²) in [6, 6.07) is 6.96. The van der Waals surface area contributed by atoms with Gasteiger partial charge in [-0.15, -0.1) is 0 Å². The molecule has 0 spiro atoms. The normalized spacial score (nSPS) is 18.2. The summed E-state index contributed by atoms with van der Waals surface area (Å²) in [4.78, 5) is 26.5. The Balaban J connectivity index is 1.73. The molecule has 1 aliphatic heterocycles. The first kappa shape index (κ1) is 17.6. The second-order valence-electron chi connectivity index (χ2n) is 5.93. The van der Waals surface area contributed by atoms with Crippen LogP contribution in [0.5, 0.6) is 0 Å². The smallest absolute Gasteiger partial charge is 0.369 e. The van der Waals surface area contributed by atoms with Gasteiger partial charge in [0.25, 0.3) is 0 Å². The van der Waals surface area contributed by atoms with Gasteiger partial charge in [0.2, 0.25) is 0 Å². The average molecular weight is 366 g/mol. The van der Waals surface area contributed by atoms with Crippen LogP contribution in [0.25, 0.3) is 5.69 Å². The lowest BCUT2D eigenvalue weighted by Crippen LogP contribution is -2.42. The highest BCUT2D eigenvalue weighted by atomic mass is 35.5. The van der Waals surface area contributed by atoms with Gasteiger partial charge in [-0.25, -0.2) is 4.79 Å². The summed E-state index contributed by atoms with van der Waals surface area (Å²) >= 11 is 6.12. The molecule has 1 saturated heterocycles. The van der Waals surface area contributed by atoms with Gasteiger partial charge >= 0.3 is 11.7 Å². The van der Waals surface area contributed by atoms with Crippen molar-refractivity contribution in [2.45, 2.75) is 26.4 Å². The fourth-order valence-corrected chi connectivity index (χ4v) is 3.18. The van der Waals surface area contributed by atoms with Gasteiger partial charge in [-0.3, -0.25) is 9.69 Å². The first-order chi connectivity index (χ1) is 12.1. The van der Waals surface area contributed by atoms with E-state index in [0.29, 0.717) is 23.9 Å². The van der Waals surface area contributed by atoms with Crippen molar-refractivity contribution in [3.63, 3.8) is 0 Å². The van der Waals surface area contributed by atoms with Crippen LogP contribution in [0.4, 0.5) is 0 Å². The van der Waals surface area contributed by atoms with Gasteiger partial charge < -0.3 is 4.74 Å². The maximum Gasteiger partial charge on any atom is 0.369 e.